The van der Waals surface area contributed by atoms with E-state index in [-0.39, 0.29) is 24.2 Å². The molecule has 2 heterocycles. The Kier molecular flexibility index (Phi) is 3.22. The van der Waals surface area contributed by atoms with Crippen molar-refractivity contribution in [2.24, 2.45) is 0 Å². The van der Waals surface area contributed by atoms with Crippen LogP contribution in [0.3, 0.4) is 0 Å². The normalized spacial score (nSPS) is 25.0. The standard InChI is InChI=1S/C14H15N3O3/c18-12-6-5-11(14(20)17-12)16-13(19)9-3-4-10-8(9)2-1-7-15-10/h1-2,7,9,11H,3-6H2,(H,16,19)(H,17,18,20). The lowest BCUT2D eigenvalue weighted by molar-refractivity contribution is -0.137. The maximum atomic E-state index is 12.3. The number of amides is 3. The SMILES string of the molecule is O=C1CCC(NC(=O)C2CCc3ncccc32)C(=O)N1. The second-order valence-corrected chi connectivity index (χ2v) is 5.14. The number of piperidine rings is 1. The van der Waals surface area contributed by atoms with Gasteiger partial charge in [0.1, 0.15) is 6.04 Å². The molecule has 3 rings (SSSR count). The average Bonchev–Trinajstić information content (AvgIpc) is 2.86. The van der Waals surface area contributed by atoms with E-state index < -0.39 is 11.9 Å². The molecule has 1 aliphatic carbocycles. The number of fused-ring (bicyclic) bond motifs is 1. The number of carbonyl (C=O) groups excluding carboxylic acids is 3. The Morgan fingerprint density at radius 3 is 2.95 bits per heavy atom. The first-order valence-corrected chi connectivity index (χ1v) is 6.73. The number of pyridine rings is 1. The highest BCUT2D eigenvalue weighted by molar-refractivity contribution is 6.02. The van der Waals surface area contributed by atoms with Gasteiger partial charge in [-0.05, 0) is 30.9 Å². The third-order valence-corrected chi connectivity index (χ3v) is 3.84. The number of aromatic nitrogens is 1. The summed E-state index contributed by atoms with van der Waals surface area (Å²) in [5, 5.41) is 4.98. The maximum Gasteiger partial charge on any atom is 0.249 e. The van der Waals surface area contributed by atoms with E-state index in [0.29, 0.717) is 12.8 Å². The molecule has 20 heavy (non-hydrogen) atoms. The highest BCUT2D eigenvalue weighted by atomic mass is 16.2. The molecule has 2 N–H and O–H groups in total. The van der Waals surface area contributed by atoms with Gasteiger partial charge >= 0.3 is 0 Å². The Bertz CT molecular complexity index is 585. The molecule has 6 heteroatoms. The van der Waals surface area contributed by atoms with E-state index in [2.05, 4.69) is 15.6 Å². The van der Waals surface area contributed by atoms with Crippen molar-refractivity contribution in [3.8, 4) is 0 Å². The monoisotopic (exact) mass is 273 g/mol. The molecule has 2 aliphatic rings. The van der Waals surface area contributed by atoms with Crippen molar-refractivity contribution in [2.75, 3.05) is 0 Å². The van der Waals surface area contributed by atoms with Crippen LogP contribution >= 0.6 is 0 Å². The fourth-order valence-electron chi connectivity index (χ4n) is 2.79. The molecule has 0 spiro atoms. The minimum atomic E-state index is -0.610. The van der Waals surface area contributed by atoms with Gasteiger partial charge in [0.15, 0.2) is 0 Å². The van der Waals surface area contributed by atoms with Crippen LogP contribution in [0.2, 0.25) is 0 Å². The zero-order valence-corrected chi connectivity index (χ0v) is 10.9. The number of rotatable bonds is 2. The van der Waals surface area contributed by atoms with Gasteiger partial charge in [0.05, 0.1) is 5.92 Å². The van der Waals surface area contributed by atoms with Crippen molar-refractivity contribution in [3.05, 3.63) is 29.6 Å². The van der Waals surface area contributed by atoms with Crippen molar-refractivity contribution in [2.45, 2.75) is 37.6 Å². The summed E-state index contributed by atoms with van der Waals surface area (Å²) in [5.74, 6) is -1.11. The highest BCUT2D eigenvalue weighted by Crippen LogP contribution is 2.31. The number of nitrogens with zero attached hydrogens (tertiary/aromatic N) is 1. The summed E-state index contributed by atoms with van der Waals surface area (Å²) in [6, 6.07) is 3.11. The smallest absolute Gasteiger partial charge is 0.249 e. The Labute approximate surface area is 116 Å². The van der Waals surface area contributed by atoms with Gasteiger partial charge in [-0.15, -0.1) is 0 Å². The van der Waals surface area contributed by atoms with Crippen LogP contribution in [0, 0.1) is 0 Å². The van der Waals surface area contributed by atoms with Crippen LogP contribution in [0.5, 0.6) is 0 Å². The predicted molar refractivity (Wildman–Crippen MR) is 69.6 cm³/mol. The van der Waals surface area contributed by atoms with Gasteiger partial charge in [-0.1, -0.05) is 6.07 Å². The first-order chi connectivity index (χ1) is 9.65. The number of hydrogen-bond acceptors (Lipinski definition) is 4. The molecule has 2 atom stereocenters. The fraction of sp³-hybridized carbons (Fsp3) is 0.429. The molecule has 0 radical (unpaired) electrons. The maximum absolute atomic E-state index is 12.3. The Hall–Kier alpha value is -2.24. The van der Waals surface area contributed by atoms with Crippen LogP contribution < -0.4 is 10.6 Å². The van der Waals surface area contributed by atoms with Crippen LogP contribution in [0.1, 0.15) is 36.4 Å². The minimum absolute atomic E-state index is 0.161. The summed E-state index contributed by atoms with van der Waals surface area (Å²) < 4.78 is 0. The summed E-state index contributed by atoms with van der Waals surface area (Å²) in [7, 11) is 0. The van der Waals surface area contributed by atoms with Gasteiger partial charge in [-0.3, -0.25) is 24.7 Å². The molecule has 1 saturated heterocycles. The molecular formula is C14H15N3O3. The lowest BCUT2D eigenvalue weighted by Crippen LogP contribution is -2.53. The first-order valence-electron chi connectivity index (χ1n) is 6.73. The zero-order valence-electron chi connectivity index (χ0n) is 10.9. The van der Waals surface area contributed by atoms with Crippen LogP contribution in [-0.2, 0) is 20.8 Å². The quantitative estimate of drug-likeness (QED) is 0.744. The topological polar surface area (TPSA) is 88.2 Å². The van der Waals surface area contributed by atoms with E-state index in [4.69, 9.17) is 0 Å². The van der Waals surface area contributed by atoms with Crippen molar-refractivity contribution < 1.29 is 14.4 Å². The van der Waals surface area contributed by atoms with Gasteiger partial charge in [0.25, 0.3) is 0 Å². The van der Waals surface area contributed by atoms with E-state index in [1.807, 2.05) is 12.1 Å². The van der Waals surface area contributed by atoms with Crippen LogP contribution in [0.15, 0.2) is 18.3 Å². The summed E-state index contributed by atoms with van der Waals surface area (Å²) >= 11 is 0. The van der Waals surface area contributed by atoms with Crippen molar-refractivity contribution in [1.29, 1.82) is 0 Å². The predicted octanol–water partition coefficient (Wildman–Crippen LogP) is 0.0328. The minimum Gasteiger partial charge on any atom is -0.344 e. The van der Waals surface area contributed by atoms with Gasteiger partial charge < -0.3 is 5.32 Å². The molecule has 6 nitrogen and oxygen atoms in total. The Morgan fingerprint density at radius 2 is 2.15 bits per heavy atom. The van der Waals surface area contributed by atoms with Gasteiger partial charge in [-0.2, -0.15) is 0 Å². The Balaban J connectivity index is 1.69. The molecule has 1 aromatic rings. The van der Waals surface area contributed by atoms with Crippen LogP contribution in [0.25, 0.3) is 0 Å². The highest BCUT2D eigenvalue weighted by Gasteiger charge is 2.33. The average molecular weight is 273 g/mol. The lowest BCUT2D eigenvalue weighted by atomic mass is 10.00. The van der Waals surface area contributed by atoms with E-state index >= 15 is 0 Å². The molecule has 0 bridgehead atoms. The van der Waals surface area contributed by atoms with Crippen LogP contribution in [-0.4, -0.2) is 28.7 Å². The molecule has 1 fully saturated rings. The van der Waals surface area contributed by atoms with E-state index in [0.717, 1.165) is 17.7 Å². The number of nitrogens with one attached hydrogen (secondary N) is 2. The Morgan fingerprint density at radius 1 is 1.30 bits per heavy atom. The van der Waals surface area contributed by atoms with E-state index in [9.17, 15) is 14.4 Å². The summed E-state index contributed by atoms with van der Waals surface area (Å²) in [4.78, 5) is 39.3. The third-order valence-electron chi connectivity index (χ3n) is 3.84. The molecule has 1 aliphatic heterocycles. The molecule has 0 aromatic carbocycles. The van der Waals surface area contributed by atoms with Gasteiger partial charge in [-0.25, -0.2) is 0 Å². The fourth-order valence-corrected chi connectivity index (χ4v) is 2.79. The summed E-state index contributed by atoms with van der Waals surface area (Å²) in [6.07, 6.45) is 3.84. The van der Waals surface area contributed by atoms with E-state index in [1.165, 1.54) is 0 Å². The molecule has 0 saturated carbocycles. The summed E-state index contributed by atoms with van der Waals surface area (Å²) in [5.41, 5.74) is 1.90. The largest absolute Gasteiger partial charge is 0.344 e. The third kappa shape index (κ3) is 2.29. The lowest BCUT2D eigenvalue weighted by Gasteiger charge is -2.23. The van der Waals surface area contributed by atoms with Gasteiger partial charge in [0.2, 0.25) is 17.7 Å². The molecular weight excluding hydrogens is 258 g/mol. The number of imide groups is 1. The van der Waals surface area contributed by atoms with Crippen molar-refractivity contribution in [1.82, 2.24) is 15.6 Å². The second-order valence-electron chi connectivity index (χ2n) is 5.14. The van der Waals surface area contributed by atoms with Crippen molar-refractivity contribution in [3.63, 3.8) is 0 Å². The zero-order chi connectivity index (χ0) is 14.1. The van der Waals surface area contributed by atoms with Gasteiger partial charge in [0, 0.05) is 18.3 Å². The molecule has 3 amide bonds. The molecule has 2 unspecified atom stereocenters. The number of carbonyl (C=O) groups is 3. The number of aryl methyl sites for hydroxylation is 1. The second kappa shape index (κ2) is 5.03. The van der Waals surface area contributed by atoms with Crippen LogP contribution in [0.4, 0.5) is 0 Å². The van der Waals surface area contributed by atoms with Crippen molar-refractivity contribution >= 4 is 17.7 Å². The van der Waals surface area contributed by atoms with E-state index in [1.54, 1.807) is 6.20 Å². The summed E-state index contributed by atoms with van der Waals surface area (Å²) in [6.45, 7) is 0. The molecule has 1 aromatic heterocycles. The first kappa shape index (κ1) is 12.8. The molecule has 104 valence electrons. The number of hydrogen-bond donors (Lipinski definition) is 2.